The molecule has 18 heavy (non-hydrogen) atoms. The van der Waals surface area contributed by atoms with Gasteiger partial charge in [0, 0.05) is 39.3 Å². The van der Waals surface area contributed by atoms with Crippen LogP contribution in [0.4, 0.5) is 0 Å². The van der Waals surface area contributed by atoms with Gasteiger partial charge in [0.2, 0.25) is 0 Å². The smallest absolute Gasteiger partial charge is 0.0170 e. The van der Waals surface area contributed by atoms with Crippen LogP contribution < -0.4 is 0 Å². The normalized spacial score (nSPS) is 14.8. The van der Waals surface area contributed by atoms with Crippen molar-refractivity contribution >= 4 is 17.3 Å². The van der Waals surface area contributed by atoms with Crippen molar-refractivity contribution in [3.63, 3.8) is 0 Å². The van der Waals surface area contributed by atoms with Gasteiger partial charge in [-0.25, -0.2) is 0 Å². The topological polar surface area (TPSA) is 3.24 Å². The van der Waals surface area contributed by atoms with E-state index in [1.54, 1.807) is 6.08 Å². The van der Waals surface area contributed by atoms with Crippen molar-refractivity contribution in [3.8, 4) is 0 Å². The summed E-state index contributed by atoms with van der Waals surface area (Å²) < 4.78 is 0. The molecule has 0 unspecified atom stereocenters. The fourth-order valence-corrected chi connectivity index (χ4v) is 2.01. The number of allylic oxidation sites excluding steroid dienone is 3. The second-order valence-corrected chi connectivity index (χ2v) is 4.45. The Bertz CT molecular complexity index is 500. The summed E-state index contributed by atoms with van der Waals surface area (Å²) in [4.78, 5) is 2.08. The molecule has 1 radical (unpaired) electrons. The summed E-state index contributed by atoms with van der Waals surface area (Å²) in [7, 11) is 0. The predicted molar refractivity (Wildman–Crippen MR) is 73.3 cm³/mol. The zero-order chi connectivity index (χ0) is 12.4. The van der Waals surface area contributed by atoms with Gasteiger partial charge in [0.15, 0.2) is 0 Å². The second-order valence-electron chi connectivity index (χ2n) is 4.04. The largest absolute Gasteiger partial charge is 0.374 e. The molecule has 1 heterocycles. The third kappa shape index (κ3) is 3.14. The van der Waals surface area contributed by atoms with Crippen molar-refractivity contribution in [2.75, 3.05) is 6.54 Å². The first-order chi connectivity index (χ1) is 8.13. The van der Waals surface area contributed by atoms with E-state index in [1.165, 1.54) is 5.56 Å². The zero-order valence-corrected chi connectivity index (χ0v) is 14.3. The van der Waals surface area contributed by atoms with Crippen molar-refractivity contribution in [3.05, 3.63) is 64.9 Å². The molecule has 1 nitrogen and oxygen atoms in total. The first-order valence-corrected chi connectivity index (χ1v) is 6.04. The van der Waals surface area contributed by atoms with E-state index in [-0.39, 0.29) is 32.7 Å². The van der Waals surface area contributed by atoms with Gasteiger partial charge in [-0.1, -0.05) is 35.5 Å². The number of halogens is 1. The minimum absolute atomic E-state index is 0. The van der Waals surface area contributed by atoms with Crippen molar-refractivity contribution in [1.29, 1.82) is 0 Å². The maximum atomic E-state index is 6.06. The molecule has 0 fully saturated rings. The number of hydrogen-bond acceptors (Lipinski definition) is 1. The fraction of sp³-hybridized carbons (Fsp3) is 0.200. The summed E-state index contributed by atoms with van der Waals surface area (Å²) in [5.41, 5.74) is 4.25. The number of nitrogens with zero attached hydrogens (tertiary/aromatic N) is 1. The van der Waals surface area contributed by atoms with Gasteiger partial charge >= 0.3 is 0 Å². The quantitative estimate of drug-likeness (QED) is 0.736. The molecule has 0 N–H and O–H groups in total. The van der Waals surface area contributed by atoms with Crippen molar-refractivity contribution in [1.82, 2.24) is 4.90 Å². The van der Waals surface area contributed by atoms with Gasteiger partial charge in [0.1, 0.15) is 0 Å². The van der Waals surface area contributed by atoms with E-state index in [9.17, 15) is 0 Å². The standard InChI is InChI=1S/C15H15ClN.Y/c1-4-17-12(3)14(16)9-10-15(17)13-7-5-11(2)6-8-13;/h5-9H,3-4H2,1-2H3;/q-1;. The van der Waals surface area contributed by atoms with Crippen LogP contribution in [0.15, 0.2) is 47.6 Å². The molecule has 3 heteroatoms. The van der Waals surface area contributed by atoms with E-state index in [2.05, 4.69) is 55.7 Å². The predicted octanol–water partition coefficient (Wildman–Crippen LogP) is 4.11. The molecule has 91 valence electrons. The molecule has 1 aliphatic heterocycles. The van der Waals surface area contributed by atoms with E-state index >= 15 is 0 Å². The van der Waals surface area contributed by atoms with E-state index in [4.69, 9.17) is 11.6 Å². The van der Waals surface area contributed by atoms with Gasteiger partial charge in [-0.2, -0.15) is 23.8 Å². The Kier molecular flexibility index (Phi) is 5.84. The summed E-state index contributed by atoms with van der Waals surface area (Å²) in [5, 5.41) is 0.655. The van der Waals surface area contributed by atoms with Gasteiger partial charge in [-0.05, 0) is 24.6 Å². The molecule has 0 spiro atoms. The molecule has 0 bridgehead atoms. The molecule has 2 rings (SSSR count). The Morgan fingerprint density at radius 2 is 1.89 bits per heavy atom. The number of aryl methyl sites for hydroxylation is 1. The number of benzene rings is 1. The Morgan fingerprint density at radius 1 is 1.28 bits per heavy atom. The Balaban J connectivity index is 0.00000162. The molecular weight excluding hydrogens is 319 g/mol. The minimum atomic E-state index is 0. The number of likely N-dealkylation sites (N-methyl/N-ethyl adjacent to an activating group) is 1. The van der Waals surface area contributed by atoms with Crippen LogP contribution in [0.2, 0.25) is 0 Å². The van der Waals surface area contributed by atoms with Crippen LogP contribution in [0.5, 0.6) is 0 Å². The summed E-state index contributed by atoms with van der Waals surface area (Å²) in [5.74, 6) is 0. The maximum Gasteiger partial charge on any atom is 0.0170 e. The van der Waals surface area contributed by atoms with E-state index in [0.29, 0.717) is 5.03 Å². The first-order valence-electron chi connectivity index (χ1n) is 5.66. The molecule has 0 amide bonds. The second kappa shape index (κ2) is 6.70. The molecule has 0 aromatic heterocycles. The molecule has 0 aliphatic carbocycles. The van der Waals surface area contributed by atoms with Gasteiger partial charge in [0.25, 0.3) is 0 Å². The SMILES string of the molecule is C=C1C(Cl)=C[C-]=C(c2ccc(C)cc2)N1CC.[Y]. The van der Waals surface area contributed by atoms with Gasteiger partial charge in [-0.3, -0.25) is 0 Å². The van der Waals surface area contributed by atoms with Gasteiger partial charge in [0.05, 0.1) is 0 Å². The molecule has 1 aliphatic rings. The molecule has 1 aromatic carbocycles. The van der Waals surface area contributed by atoms with Crippen LogP contribution in [-0.4, -0.2) is 11.4 Å². The van der Waals surface area contributed by atoms with Gasteiger partial charge in [-0.15, -0.1) is 12.1 Å². The average Bonchev–Trinajstić information content (AvgIpc) is 2.34. The third-order valence-corrected chi connectivity index (χ3v) is 3.18. The van der Waals surface area contributed by atoms with Crippen molar-refractivity contribution < 1.29 is 32.7 Å². The van der Waals surface area contributed by atoms with Crippen LogP contribution in [-0.2, 0) is 32.7 Å². The minimum Gasteiger partial charge on any atom is -0.374 e. The Morgan fingerprint density at radius 3 is 2.44 bits per heavy atom. The summed E-state index contributed by atoms with van der Waals surface area (Å²) in [6.07, 6.45) is 5.01. The van der Waals surface area contributed by atoms with Crippen LogP contribution >= 0.6 is 11.6 Å². The molecule has 0 atom stereocenters. The van der Waals surface area contributed by atoms with Crippen molar-refractivity contribution in [2.45, 2.75) is 13.8 Å². The molecular formula is C15H15ClNY-. The van der Waals surface area contributed by atoms with E-state index in [0.717, 1.165) is 23.5 Å². The van der Waals surface area contributed by atoms with E-state index < -0.39 is 0 Å². The zero-order valence-electron chi connectivity index (χ0n) is 10.7. The fourth-order valence-electron chi connectivity index (χ4n) is 1.86. The average molecular weight is 334 g/mol. The summed E-state index contributed by atoms with van der Waals surface area (Å²) in [6, 6.07) is 8.39. The molecule has 0 saturated heterocycles. The van der Waals surface area contributed by atoms with Crippen LogP contribution in [0, 0.1) is 13.0 Å². The van der Waals surface area contributed by atoms with E-state index in [1.807, 2.05) is 0 Å². The van der Waals surface area contributed by atoms with Crippen molar-refractivity contribution in [2.24, 2.45) is 0 Å². The van der Waals surface area contributed by atoms with Crippen LogP contribution in [0.25, 0.3) is 5.70 Å². The Hall–Kier alpha value is -0.366. The first kappa shape index (κ1) is 15.7. The maximum absolute atomic E-state index is 6.06. The Labute approximate surface area is 139 Å². The number of hydrogen-bond donors (Lipinski definition) is 0. The summed E-state index contributed by atoms with van der Waals surface area (Å²) in [6.45, 7) is 9.00. The third-order valence-electron chi connectivity index (χ3n) is 2.85. The monoisotopic (exact) mass is 333 g/mol. The van der Waals surface area contributed by atoms with Crippen LogP contribution in [0.3, 0.4) is 0 Å². The molecule has 1 aromatic rings. The number of rotatable bonds is 2. The van der Waals surface area contributed by atoms with Crippen LogP contribution in [0.1, 0.15) is 18.1 Å². The molecule has 0 saturated carbocycles. The summed E-state index contributed by atoms with van der Waals surface area (Å²) >= 11 is 6.06. The van der Waals surface area contributed by atoms with Gasteiger partial charge < -0.3 is 4.90 Å².